The average Bonchev–Trinajstić information content (AvgIpc) is 2.40. The summed E-state index contributed by atoms with van der Waals surface area (Å²) in [7, 11) is 0. The normalized spacial score (nSPS) is 10.3. The van der Waals surface area contributed by atoms with Crippen molar-refractivity contribution in [2.45, 2.75) is 6.54 Å². The lowest BCUT2D eigenvalue weighted by Gasteiger charge is -2.07. The van der Waals surface area contributed by atoms with Gasteiger partial charge in [0.1, 0.15) is 5.82 Å². The number of hydrogen-bond donors (Lipinski definition) is 1. The van der Waals surface area contributed by atoms with E-state index in [2.05, 4.69) is 5.32 Å². The number of halogens is 3. The SMILES string of the molecule is O=[N+]([O-])c1ccc(NCc2ccc(F)c(Cl)c2)cc1F. The topological polar surface area (TPSA) is 55.2 Å². The number of nitrogens with one attached hydrogen (secondary N) is 1. The van der Waals surface area contributed by atoms with Gasteiger partial charge in [-0.1, -0.05) is 17.7 Å². The zero-order valence-electron chi connectivity index (χ0n) is 10.1. The number of anilines is 1. The smallest absolute Gasteiger partial charge is 0.304 e. The van der Waals surface area contributed by atoms with E-state index in [-0.39, 0.29) is 11.6 Å². The van der Waals surface area contributed by atoms with Crippen LogP contribution in [0.15, 0.2) is 36.4 Å². The van der Waals surface area contributed by atoms with E-state index < -0.39 is 22.2 Å². The molecule has 0 spiro atoms. The fourth-order valence-electron chi connectivity index (χ4n) is 1.62. The minimum absolute atomic E-state index is 0.000759. The van der Waals surface area contributed by atoms with Crippen molar-refractivity contribution in [3.8, 4) is 0 Å². The molecule has 0 aliphatic heterocycles. The van der Waals surface area contributed by atoms with Crippen LogP contribution in [0.4, 0.5) is 20.2 Å². The number of nitro groups is 1. The molecule has 0 heterocycles. The minimum Gasteiger partial charge on any atom is -0.381 e. The Balaban J connectivity index is 2.09. The lowest BCUT2D eigenvalue weighted by atomic mass is 10.2. The van der Waals surface area contributed by atoms with Crippen LogP contribution in [-0.4, -0.2) is 4.92 Å². The Morgan fingerprint density at radius 2 is 1.90 bits per heavy atom. The van der Waals surface area contributed by atoms with Crippen LogP contribution in [-0.2, 0) is 6.54 Å². The Labute approximate surface area is 118 Å². The van der Waals surface area contributed by atoms with Crippen molar-refractivity contribution in [1.29, 1.82) is 0 Å². The molecule has 2 aromatic rings. The highest BCUT2D eigenvalue weighted by Gasteiger charge is 2.13. The van der Waals surface area contributed by atoms with Gasteiger partial charge in [0.05, 0.1) is 9.95 Å². The quantitative estimate of drug-likeness (QED) is 0.682. The van der Waals surface area contributed by atoms with Crippen LogP contribution in [0.5, 0.6) is 0 Å². The molecule has 2 rings (SSSR count). The summed E-state index contributed by atoms with van der Waals surface area (Å²) in [5, 5.41) is 13.3. The molecular weight excluding hydrogens is 290 g/mol. The van der Waals surface area contributed by atoms with Crippen LogP contribution in [0.2, 0.25) is 5.02 Å². The highest BCUT2D eigenvalue weighted by molar-refractivity contribution is 6.30. The lowest BCUT2D eigenvalue weighted by Crippen LogP contribution is -2.01. The molecule has 0 unspecified atom stereocenters. The molecule has 0 saturated heterocycles. The number of nitro benzene ring substituents is 1. The highest BCUT2D eigenvalue weighted by atomic mass is 35.5. The second-order valence-corrected chi connectivity index (χ2v) is 4.43. The summed E-state index contributed by atoms with van der Waals surface area (Å²) in [5.41, 5.74) is 0.504. The molecule has 0 amide bonds. The van der Waals surface area contributed by atoms with Gasteiger partial charge in [-0.25, -0.2) is 4.39 Å². The van der Waals surface area contributed by atoms with Crippen LogP contribution in [0, 0.1) is 21.7 Å². The van der Waals surface area contributed by atoms with Gasteiger partial charge in [0.2, 0.25) is 5.82 Å². The van der Waals surface area contributed by atoms with Crippen LogP contribution in [0.1, 0.15) is 5.56 Å². The first kappa shape index (κ1) is 14.2. The minimum atomic E-state index is -0.919. The third kappa shape index (κ3) is 3.21. The molecule has 0 radical (unpaired) electrons. The first-order valence-corrected chi connectivity index (χ1v) is 5.97. The van der Waals surface area contributed by atoms with Crippen LogP contribution in [0.3, 0.4) is 0 Å². The van der Waals surface area contributed by atoms with Crippen LogP contribution >= 0.6 is 11.6 Å². The molecule has 0 bridgehead atoms. The van der Waals surface area contributed by atoms with Crippen LogP contribution in [0.25, 0.3) is 0 Å². The van der Waals surface area contributed by atoms with Gasteiger partial charge in [-0.15, -0.1) is 0 Å². The van der Waals surface area contributed by atoms with E-state index in [4.69, 9.17) is 11.6 Å². The molecule has 20 heavy (non-hydrogen) atoms. The number of hydrogen-bond acceptors (Lipinski definition) is 3. The first-order valence-electron chi connectivity index (χ1n) is 5.59. The molecule has 1 N–H and O–H groups in total. The second-order valence-electron chi connectivity index (χ2n) is 4.03. The molecule has 0 aliphatic carbocycles. The van der Waals surface area contributed by atoms with Crippen molar-refractivity contribution in [1.82, 2.24) is 0 Å². The van der Waals surface area contributed by atoms with E-state index in [1.165, 1.54) is 24.3 Å². The fourth-order valence-corrected chi connectivity index (χ4v) is 1.82. The summed E-state index contributed by atoms with van der Waals surface area (Å²) in [6.45, 7) is 0.289. The molecule has 0 aliphatic rings. The molecule has 0 atom stereocenters. The van der Waals surface area contributed by atoms with Crippen molar-refractivity contribution in [3.63, 3.8) is 0 Å². The zero-order valence-corrected chi connectivity index (χ0v) is 10.8. The fraction of sp³-hybridized carbons (Fsp3) is 0.0769. The van der Waals surface area contributed by atoms with Gasteiger partial charge in [-0.05, 0) is 23.8 Å². The van der Waals surface area contributed by atoms with Crippen molar-refractivity contribution in [2.75, 3.05) is 5.32 Å². The zero-order chi connectivity index (χ0) is 14.7. The van der Waals surface area contributed by atoms with E-state index in [1.54, 1.807) is 0 Å². The Bertz CT molecular complexity index is 665. The monoisotopic (exact) mass is 298 g/mol. The maximum Gasteiger partial charge on any atom is 0.304 e. The van der Waals surface area contributed by atoms with Gasteiger partial charge in [-0.2, -0.15) is 4.39 Å². The van der Waals surface area contributed by atoms with Gasteiger partial charge in [-0.3, -0.25) is 10.1 Å². The summed E-state index contributed by atoms with van der Waals surface area (Å²) >= 11 is 5.64. The molecular formula is C13H9ClF2N2O2. The van der Waals surface area contributed by atoms with Gasteiger partial charge in [0, 0.05) is 24.4 Å². The Morgan fingerprint density at radius 1 is 1.15 bits per heavy atom. The number of nitrogens with zero attached hydrogens (tertiary/aromatic N) is 1. The van der Waals surface area contributed by atoms with Crippen molar-refractivity contribution in [2.24, 2.45) is 0 Å². The molecule has 7 heteroatoms. The van der Waals surface area contributed by atoms with Gasteiger partial charge < -0.3 is 5.32 Å². The third-order valence-corrected chi connectivity index (χ3v) is 2.91. The van der Waals surface area contributed by atoms with E-state index >= 15 is 0 Å². The predicted octanol–water partition coefficient (Wildman–Crippen LogP) is 4.14. The Morgan fingerprint density at radius 3 is 2.50 bits per heavy atom. The maximum absolute atomic E-state index is 13.4. The lowest BCUT2D eigenvalue weighted by molar-refractivity contribution is -0.387. The van der Waals surface area contributed by atoms with Crippen molar-refractivity contribution < 1.29 is 13.7 Å². The Hall–Kier alpha value is -2.21. The summed E-state index contributed by atoms with van der Waals surface area (Å²) < 4.78 is 26.4. The van der Waals surface area contributed by atoms with Crippen molar-refractivity contribution in [3.05, 3.63) is 68.7 Å². The molecule has 0 saturated carbocycles. The average molecular weight is 299 g/mol. The summed E-state index contributed by atoms with van der Waals surface area (Å²) in [6.07, 6.45) is 0. The largest absolute Gasteiger partial charge is 0.381 e. The molecule has 0 aromatic heterocycles. The number of rotatable bonds is 4. The highest BCUT2D eigenvalue weighted by Crippen LogP contribution is 2.22. The standard InChI is InChI=1S/C13H9ClF2N2O2/c14-10-5-8(1-3-11(10)15)7-17-9-2-4-13(18(19)20)12(16)6-9/h1-6,17H,7H2. The van der Waals surface area contributed by atoms with Gasteiger partial charge >= 0.3 is 5.69 Å². The van der Waals surface area contributed by atoms with E-state index in [1.807, 2.05) is 0 Å². The molecule has 2 aromatic carbocycles. The first-order chi connectivity index (χ1) is 9.47. The predicted molar refractivity (Wildman–Crippen MR) is 71.8 cm³/mol. The Kier molecular flexibility index (Phi) is 4.14. The van der Waals surface area contributed by atoms with E-state index in [0.717, 1.165) is 12.1 Å². The maximum atomic E-state index is 13.4. The third-order valence-electron chi connectivity index (χ3n) is 2.63. The van der Waals surface area contributed by atoms with Crippen molar-refractivity contribution >= 4 is 23.0 Å². The van der Waals surface area contributed by atoms with Crippen LogP contribution < -0.4 is 5.32 Å². The molecule has 104 valence electrons. The number of benzene rings is 2. The van der Waals surface area contributed by atoms with E-state index in [0.29, 0.717) is 11.3 Å². The summed E-state index contributed by atoms with van der Waals surface area (Å²) in [4.78, 5) is 9.68. The molecule has 0 fully saturated rings. The van der Waals surface area contributed by atoms with Gasteiger partial charge in [0.25, 0.3) is 0 Å². The van der Waals surface area contributed by atoms with E-state index in [9.17, 15) is 18.9 Å². The summed E-state index contributed by atoms with van der Waals surface area (Å²) in [6, 6.07) is 7.72. The molecule has 4 nitrogen and oxygen atoms in total. The second kappa shape index (κ2) is 5.83. The van der Waals surface area contributed by atoms with Gasteiger partial charge in [0.15, 0.2) is 0 Å². The summed E-state index contributed by atoms with van der Waals surface area (Å²) in [5.74, 6) is -1.44.